The van der Waals surface area contributed by atoms with E-state index in [2.05, 4.69) is 170 Å². The van der Waals surface area contributed by atoms with Crippen LogP contribution in [0.5, 0.6) is 0 Å². The van der Waals surface area contributed by atoms with E-state index in [1.54, 1.807) is 0 Å². The second kappa shape index (κ2) is 9.81. The lowest BCUT2D eigenvalue weighted by Crippen LogP contribution is -2.28. The van der Waals surface area contributed by atoms with E-state index in [0.29, 0.717) is 0 Å². The normalized spacial score (nSPS) is 15.8. The van der Waals surface area contributed by atoms with Gasteiger partial charge < -0.3 is 0 Å². The third-order valence-corrected chi connectivity index (χ3v) is 11.3. The van der Waals surface area contributed by atoms with E-state index in [-0.39, 0.29) is 0 Å². The monoisotopic (exact) mass is 600 g/mol. The van der Waals surface area contributed by atoms with Crippen LogP contribution in [-0.4, -0.2) is 0 Å². The van der Waals surface area contributed by atoms with Crippen LogP contribution in [0.2, 0.25) is 0 Å². The minimum Gasteiger partial charge on any atom is -0.0888 e. The van der Waals surface area contributed by atoms with E-state index in [1.165, 1.54) is 87.0 Å². The minimum absolute atomic E-state index is 0.438. The molecule has 2 aliphatic rings. The number of rotatable bonds is 3. The molecule has 0 bridgehead atoms. The molecule has 0 aromatic heterocycles. The summed E-state index contributed by atoms with van der Waals surface area (Å²) >= 11 is 1.88. The maximum Gasteiger partial charge on any atom is 0.0719 e. The lowest BCUT2D eigenvalue weighted by molar-refractivity contribution is 0.775. The Labute approximate surface area is 273 Å². The van der Waals surface area contributed by atoms with Crippen LogP contribution in [0, 0.1) is 0 Å². The van der Waals surface area contributed by atoms with Crippen molar-refractivity contribution in [3.8, 4) is 33.4 Å². The number of fused-ring (bicyclic) bond motifs is 7. The summed E-state index contributed by atoms with van der Waals surface area (Å²) in [5.74, 6) is 0. The molecule has 0 nitrogen and oxygen atoms in total. The quantitative estimate of drug-likeness (QED) is 0.194. The van der Waals surface area contributed by atoms with Gasteiger partial charge in [0, 0.05) is 15.2 Å². The molecule has 0 saturated carbocycles. The zero-order valence-electron chi connectivity index (χ0n) is 25.1. The molecule has 1 atom stereocenters. The second-order valence-corrected chi connectivity index (χ2v) is 13.5. The van der Waals surface area contributed by atoms with Crippen molar-refractivity contribution in [2.24, 2.45) is 0 Å². The van der Waals surface area contributed by atoms with E-state index in [0.717, 1.165) is 0 Å². The molecule has 1 aliphatic heterocycles. The van der Waals surface area contributed by atoms with Gasteiger partial charge in [0.25, 0.3) is 0 Å². The van der Waals surface area contributed by atoms with Crippen molar-refractivity contribution >= 4 is 33.3 Å². The number of benzene rings is 8. The van der Waals surface area contributed by atoms with Crippen LogP contribution >= 0.6 is 11.8 Å². The third kappa shape index (κ3) is 3.47. The highest BCUT2D eigenvalue weighted by atomic mass is 32.2. The molecule has 214 valence electrons. The topological polar surface area (TPSA) is 0 Å². The molecule has 0 spiro atoms. The van der Waals surface area contributed by atoms with Gasteiger partial charge in [0.15, 0.2) is 0 Å². The Morgan fingerprint density at radius 2 is 1.04 bits per heavy atom. The Hall–Kier alpha value is -5.37. The van der Waals surface area contributed by atoms with Crippen LogP contribution in [-0.2, 0) is 5.41 Å². The molecule has 8 aromatic carbocycles. The fourth-order valence-corrected chi connectivity index (χ4v) is 9.40. The highest BCUT2D eigenvalue weighted by Gasteiger charge is 2.47. The van der Waals surface area contributed by atoms with Crippen molar-refractivity contribution < 1.29 is 0 Å². The third-order valence-electron chi connectivity index (χ3n) is 10.2. The van der Waals surface area contributed by atoms with Crippen LogP contribution in [0.1, 0.15) is 22.3 Å². The molecule has 0 radical (unpaired) electrons. The second-order valence-electron chi connectivity index (χ2n) is 12.4. The summed E-state index contributed by atoms with van der Waals surface area (Å²) in [6.07, 6.45) is 0. The molecule has 0 fully saturated rings. The van der Waals surface area contributed by atoms with Gasteiger partial charge in [0.2, 0.25) is 0 Å². The van der Waals surface area contributed by atoms with Gasteiger partial charge in [-0.25, -0.2) is 0 Å². The Balaban J connectivity index is 1.22. The average molecular weight is 601 g/mol. The van der Waals surface area contributed by atoms with Gasteiger partial charge in [-0.2, -0.15) is 0 Å². The van der Waals surface area contributed by atoms with Crippen LogP contribution in [0.25, 0.3) is 54.9 Å². The van der Waals surface area contributed by atoms with Crippen LogP contribution in [0.3, 0.4) is 0 Å². The van der Waals surface area contributed by atoms with Crippen molar-refractivity contribution in [1.82, 2.24) is 0 Å². The summed E-state index contributed by atoms with van der Waals surface area (Å²) in [5, 5.41) is 5.25. The first-order valence-corrected chi connectivity index (χ1v) is 16.8. The van der Waals surface area contributed by atoms with Crippen LogP contribution < -0.4 is 0 Å². The van der Waals surface area contributed by atoms with Gasteiger partial charge in [-0.05, 0) is 83.9 Å². The Kier molecular flexibility index (Phi) is 5.53. The van der Waals surface area contributed by atoms with Crippen molar-refractivity contribution in [2.45, 2.75) is 15.2 Å². The molecule has 0 saturated heterocycles. The van der Waals surface area contributed by atoms with E-state index in [4.69, 9.17) is 0 Å². The fraction of sp³-hybridized carbons (Fsp3) is 0.0222. The largest absolute Gasteiger partial charge is 0.0888 e. The van der Waals surface area contributed by atoms with E-state index in [9.17, 15) is 0 Å². The number of hydrogen-bond donors (Lipinski definition) is 0. The van der Waals surface area contributed by atoms with Crippen LogP contribution in [0.15, 0.2) is 180 Å². The zero-order valence-corrected chi connectivity index (χ0v) is 25.9. The lowest BCUT2D eigenvalue weighted by Gasteiger charge is -2.34. The Bertz CT molecular complexity index is 2490. The molecular formula is C45H28S. The molecule has 46 heavy (non-hydrogen) atoms. The predicted molar refractivity (Wildman–Crippen MR) is 194 cm³/mol. The summed E-state index contributed by atoms with van der Waals surface area (Å²) in [7, 11) is 0. The fourth-order valence-electron chi connectivity index (χ4n) is 8.27. The summed E-state index contributed by atoms with van der Waals surface area (Å²) in [6.45, 7) is 0. The smallest absolute Gasteiger partial charge is 0.0719 e. The van der Waals surface area contributed by atoms with Crippen molar-refractivity contribution in [3.05, 3.63) is 192 Å². The standard InChI is InChI=1S/C45H28S/c1-2-12-31(13-3-1)45(40-19-8-6-15-35(40)39-26-23-29-11-4-5-14-34(29)44(39)45)32-24-21-30(22-25-32)33-27-28-42-43-37(33)17-10-18-38(43)36-16-7-9-20-41(36)46-42/h1-28H. The zero-order chi connectivity index (χ0) is 30.2. The average Bonchev–Trinajstić information content (AvgIpc) is 3.44. The molecule has 0 N–H and O–H groups in total. The van der Waals surface area contributed by atoms with E-state index >= 15 is 0 Å². The number of hydrogen-bond acceptors (Lipinski definition) is 1. The Morgan fingerprint density at radius 1 is 0.370 bits per heavy atom. The first-order chi connectivity index (χ1) is 22.8. The predicted octanol–water partition coefficient (Wildman–Crippen LogP) is 12.2. The van der Waals surface area contributed by atoms with E-state index in [1.807, 2.05) is 11.8 Å². The highest BCUT2D eigenvalue weighted by molar-refractivity contribution is 7.99. The molecule has 1 unspecified atom stereocenters. The van der Waals surface area contributed by atoms with Gasteiger partial charge in [-0.3, -0.25) is 0 Å². The van der Waals surface area contributed by atoms with Gasteiger partial charge in [0.05, 0.1) is 5.41 Å². The van der Waals surface area contributed by atoms with Gasteiger partial charge in [-0.1, -0.05) is 169 Å². The van der Waals surface area contributed by atoms with Crippen molar-refractivity contribution in [3.63, 3.8) is 0 Å². The first-order valence-electron chi connectivity index (χ1n) is 15.9. The molecule has 1 heterocycles. The molecule has 10 rings (SSSR count). The van der Waals surface area contributed by atoms with Crippen molar-refractivity contribution in [1.29, 1.82) is 0 Å². The van der Waals surface area contributed by atoms with Crippen molar-refractivity contribution in [2.75, 3.05) is 0 Å². The first kappa shape index (κ1) is 25.9. The van der Waals surface area contributed by atoms with Crippen LogP contribution in [0.4, 0.5) is 0 Å². The molecule has 1 heteroatoms. The summed E-state index contributed by atoms with van der Waals surface area (Å²) < 4.78 is 0. The van der Waals surface area contributed by atoms with Gasteiger partial charge in [-0.15, -0.1) is 0 Å². The summed E-state index contributed by atoms with van der Waals surface area (Å²) in [4.78, 5) is 2.66. The summed E-state index contributed by atoms with van der Waals surface area (Å²) in [6, 6.07) is 63.3. The molecule has 8 aromatic rings. The lowest BCUT2D eigenvalue weighted by atomic mass is 9.66. The summed E-state index contributed by atoms with van der Waals surface area (Å²) in [5.41, 5.74) is 12.7. The highest BCUT2D eigenvalue weighted by Crippen LogP contribution is 2.58. The molecular weight excluding hydrogens is 573 g/mol. The van der Waals surface area contributed by atoms with Gasteiger partial charge in [0.1, 0.15) is 0 Å². The SMILES string of the molecule is c1ccc(C2(c3ccc(-c4ccc5c6c(cccc46)-c4ccccc4S5)cc3)c3ccccc3-c3ccc4ccccc4c32)cc1. The molecule has 1 aliphatic carbocycles. The minimum atomic E-state index is -0.438. The maximum atomic E-state index is 2.38. The Morgan fingerprint density at radius 3 is 1.93 bits per heavy atom. The van der Waals surface area contributed by atoms with Gasteiger partial charge >= 0.3 is 0 Å². The maximum absolute atomic E-state index is 2.38. The molecule has 0 amide bonds. The van der Waals surface area contributed by atoms with E-state index < -0.39 is 5.41 Å².